The van der Waals surface area contributed by atoms with E-state index in [4.69, 9.17) is 9.15 Å². The van der Waals surface area contributed by atoms with E-state index >= 15 is 0 Å². The lowest BCUT2D eigenvalue weighted by molar-refractivity contribution is 0.0940. The summed E-state index contributed by atoms with van der Waals surface area (Å²) in [6.07, 6.45) is 3.81. The number of benzene rings is 3. The topological polar surface area (TPSA) is 83.8 Å². The van der Waals surface area contributed by atoms with Gasteiger partial charge in [-0.3, -0.25) is 14.5 Å². The molecule has 4 aromatic rings. The number of nitrogens with one attached hydrogen (secondary N) is 2. The highest BCUT2D eigenvalue weighted by molar-refractivity contribution is 6.06. The summed E-state index contributed by atoms with van der Waals surface area (Å²) in [5.74, 6) is -0.113. The molecule has 2 heterocycles. The molecule has 41 heavy (non-hydrogen) atoms. The van der Waals surface area contributed by atoms with Gasteiger partial charge in [-0.25, -0.2) is 4.39 Å². The number of fused-ring (bicyclic) bond motifs is 1. The Kier molecular flexibility index (Phi) is 8.99. The Balaban J connectivity index is 1.51. The van der Waals surface area contributed by atoms with E-state index < -0.39 is 6.04 Å². The molecule has 1 unspecified atom stereocenters. The van der Waals surface area contributed by atoms with E-state index in [1.807, 2.05) is 32.0 Å². The van der Waals surface area contributed by atoms with E-state index in [0.29, 0.717) is 58.0 Å². The first-order valence-electron chi connectivity index (χ1n) is 14.2. The van der Waals surface area contributed by atoms with Crippen LogP contribution < -0.4 is 15.4 Å². The average molecular weight is 558 g/mol. The Morgan fingerprint density at radius 1 is 1.00 bits per heavy atom. The van der Waals surface area contributed by atoms with Crippen LogP contribution in [0.1, 0.15) is 64.6 Å². The van der Waals surface area contributed by atoms with Gasteiger partial charge in [0.15, 0.2) is 0 Å². The molecule has 0 bridgehead atoms. The van der Waals surface area contributed by atoms with Crippen LogP contribution in [0.3, 0.4) is 0 Å². The number of likely N-dealkylation sites (tertiary alicyclic amines) is 1. The van der Waals surface area contributed by atoms with Crippen LogP contribution in [-0.2, 0) is 0 Å². The number of carbonyl (C=O) groups is 2. The van der Waals surface area contributed by atoms with Crippen molar-refractivity contribution in [1.29, 1.82) is 0 Å². The molecule has 1 aliphatic heterocycles. The van der Waals surface area contributed by atoms with Gasteiger partial charge in [-0.05, 0) is 73.8 Å². The molecule has 0 spiro atoms. The number of hydrogen-bond donors (Lipinski definition) is 2. The zero-order chi connectivity index (χ0) is 28.8. The van der Waals surface area contributed by atoms with Crippen LogP contribution in [-0.4, -0.2) is 49.5 Å². The monoisotopic (exact) mass is 557 g/mol. The van der Waals surface area contributed by atoms with Gasteiger partial charge < -0.3 is 19.8 Å². The van der Waals surface area contributed by atoms with Crippen LogP contribution in [0.2, 0.25) is 0 Å². The predicted octanol–water partition coefficient (Wildman–Crippen LogP) is 5.95. The molecule has 214 valence electrons. The van der Waals surface area contributed by atoms with Crippen LogP contribution in [0.4, 0.5) is 4.39 Å². The quantitative estimate of drug-likeness (QED) is 0.238. The number of amides is 2. The van der Waals surface area contributed by atoms with E-state index in [1.165, 1.54) is 31.2 Å². The molecule has 8 heteroatoms. The highest BCUT2D eigenvalue weighted by atomic mass is 19.1. The minimum absolute atomic E-state index is 0.214. The van der Waals surface area contributed by atoms with Gasteiger partial charge in [0.05, 0.1) is 11.6 Å². The molecule has 1 aromatic heterocycles. The number of rotatable bonds is 11. The lowest BCUT2D eigenvalue weighted by atomic mass is 9.95. The SMILES string of the molecule is CC(C)CNC(=O)c1ccc(OCCN2CCCC2)c(C(NC(=O)c2coc3ccccc23)c2ccc(F)cc2)c1. The number of halogens is 1. The molecule has 5 rings (SSSR count). The maximum absolute atomic E-state index is 13.9. The van der Waals surface area contributed by atoms with Gasteiger partial charge in [0, 0.05) is 29.6 Å². The normalized spacial score (nSPS) is 14.3. The molecule has 0 radical (unpaired) electrons. The summed E-state index contributed by atoms with van der Waals surface area (Å²) in [6.45, 7) is 7.95. The zero-order valence-electron chi connectivity index (χ0n) is 23.5. The maximum Gasteiger partial charge on any atom is 0.255 e. The van der Waals surface area contributed by atoms with Crippen molar-refractivity contribution in [2.24, 2.45) is 5.92 Å². The predicted molar refractivity (Wildman–Crippen MR) is 157 cm³/mol. The van der Waals surface area contributed by atoms with Crippen LogP contribution in [0.15, 0.2) is 77.4 Å². The van der Waals surface area contributed by atoms with Gasteiger partial charge >= 0.3 is 0 Å². The van der Waals surface area contributed by atoms with Crippen molar-refractivity contribution in [3.63, 3.8) is 0 Å². The average Bonchev–Trinajstić information content (AvgIpc) is 3.66. The van der Waals surface area contributed by atoms with Crippen molar-refractivity contribution in [3.05, 3.63) is 101 Å². The van der Waals surface area contributed by atoms with Gasteiger partial charge in [0.1, 0.15) is 30.0 Å². The fourth-order valence-corrected chi connectivity index (χ4v) is 5.09. The Labute approximate surface area is 239 Å². The summed E-state index contributed by atoms with van der Waals surface area (Å²) in [6, 6.07) is 17.8. The van der Waals surface area contributed by atoms with Gasteiger partial charge in [-0.1, -0.05) is 44.2 Å². The fourth-order valence-electron chi connectivity index (χ4n) is 5.09. The highest BCUT2D eigenvalue weighted by Gasteiger charge is 2.25. The summed E-state index contributed by atoms with van der Waals surface area (Å²) in [5.41, 5.74) is 2.69. The third-order valence-electron chi connectivity index (χ3n) is 7.32. The molecular formula is C33H36FN3O4. The standard InChI is InChI=1S/C33H36FN3O4/c1-22(2)20-35-32(38)24-11-14-30(40-18-17-37-15-5-6-16-37)27(19-24)31(23-9-12-25(34)13-10-23)36-33(39)28-21-41-29-8-4-3-7-26(28)29/h3-4,7-14,19,21-22,31H,5-6,15-18,20H2,1-2H3,(H,35,38)(H,36,39). The highest BCUT2D eigenvalue weighted by Crippen LogP contribution is 2.33. The number of ether oxygens (including phenoxy) is 1. The first-order valence-corrected chi connectivity index (χ1v) is 14.2. The Hall–Kier alpha value is -4.17. The second-order valence-corrected chi connectivity index (χ2v) is 10.9. The van der Waals surface area contributed by atoms with E-state index in [-0.39, 0.29) is 17.6 Å². The van der Waals surface area contributed by atoms with E-state index in [9.17, 15) is 14.0 Å². The van der Waals surface area contributed by atoms with Crippen LogP contribution in [0.5, 0.6) is 5.75 Å². The van der Waals surface area contributed by atoms with Crippen molar-refractivity contribution < 1.29 is 23.1 Å². The van der Waals surface area contributed by atoms with Gasteiger partial charge in [-0.15, -0.1) is 0 Å². The Morgan fingerprint density at radius 2 is 1.76 bits per heavy atom. The van der Waals surface area contributed by atoms with Crippen LogP contribution in [0, 0.1) is 11.7 Å². The summed E-state index contributed by atoms with van der Waals surface area (Å²) >= 11 is 0. The fraction of sp³-hybridized carbons (Fsp3) is 0.333. The zero-order valence-corrected chi connectivity index (χ0v) is 23.5. The lowest BCUT2D eigenvalue weighted by Gasteiger charge is -2.24. The van der Waals surface area contributed by atoms with E-state index in [2.05, 4.69) is 15.5 Å². The molecule has 0 aliphatic carbocycles. The second kappa shape index (κ2) is 13.0. The number of hydrogen-bond acceptors (Lipinski definition) is 5. The van der Waals surface area contributed by atoms with Crippen molar-refractivity contribution in [1.82, 2.24) is 15.5 Å². The van der Waals surface area contributed by atoms with Crippen molar-refractivity contribution in [2.45, 2.75) is 32.7 Å². The number of nitrogens with zero attached hydrogens (tertiary/aromatic N) is 1. The first-order chi connectivity index (χ1) is 19.9. The number of carbonyl (C=O) groups excluding carboxylic acids is 2. The van der Waals surface area contributed by atoms with Crippen molar-refractivity contribution in [2.75, 3.05) is 32.8 Å². The van der Waals surface area contributed by atoms with Gasteiger partial charge in [0.25, 0.3) is 11.8 Å². The summed E-state index contributed by atoms with van der Waals surface area (Å²) in [4.78, 5) is 29.1. The molecular weight excluding hydrogens is 521 g/mol. The largest absolute Gasteiger partial charge is 0.492 e. The van der Waals surface area contributed by atoms with E-state index in [0.717, 1.165) is 19.6 Å². The summed E-state index contributed by atoms with van der Waals surface area (Å²) in [5, 5.41) is 6.75. The third-order valence-corrected chi connectivity index (χ3v) is 7.32. The van der Waals surface area contributed by atoms with Gasteiger partial charge in [0.2, 0.25) is 0 Å². The number of furan rings is 1. The molecule has 3 aromatic carbocycles. The number of para-hydroxylation sites is 1. The smallest absolute Gasteiger partial charge is 0.255 e. The minimum atomic E-state index is -0.726. The maximum atomic E-state index is 13.9. The van der Waals surface area contributed by atoms with Crippen LogP contribution in [0.25, 0.3) is 11.0 Å². The summed E-state index contributed by atoms with van der Waals surface area (Å²) < 4.78 is 25.8. The van der Waals surface area contributed by atoms with Crippen molar-refractivity contribution in [3.8, 4) is 5.75 Å². The van der Waals surface area contributed by atoms with E-state index in [1.54, 1.807) is 36.4 Å². The first kappa shape index (κ1) is 28.4. The molecule has 2 N–H and O–H groups in total. The Bertz CT molecular complexity index is 1490. The molecule has 1 saturated heterocycles. The second-order valence-electron chi connectivity index (χ2n) is 10.9. The molecule has 2 amide bonds. The van der Waals surface area contributed by atoms with Crippen molar-refractivity contribution >= 4 is 22.8 Å². The summed E-state index contributed by atoms with van der Waals surface area (Å²) in [7, 11) is 0. The Morgan fingerprint density at radius 3 is 2.51 bits per heavy atom. The molecule has 7 nitrogen and oxygen atoms in total. The molecule has 1 aliphatic rings. The lowest BCUT2D eigenvalue weighted by Crippen LogP contribution is -2.31. The molecule has 1 fully saturated rings. The van der Waals surface area contributed by atoms with Gasteiger partial charge in [-0.2, -0.15) is 0 Å². The minimum Gasteiger partial charge on any atom is -0.492 e. The molecule has 0 saturated carbocycles. The van der Waals surface area contributed by atoms with Crippen LogP contribution >= 0.6 is 0 Å². The molecule has 1 atom stereocenters. The third kappa shape index (κ3) is 6.95.